The van der Waals surface area contributed by atoms with Gasteiger partial charge in [0.1, 0.15) is 11.9 Å². The molecular weight excluding hydrogens is 529 g/mol. The molecule has 158 valence electrons. The fraction of sp³-hybridized carbons (Fsp3) is 0.500. The molecule has 3 N–H and O–H groups in total. The molecule has 0 bridgehead atoms. The Morgan fingerprint density at radius 2 is 2.14 bits per heavy atom. The molecule has 0 unspecified atom stereocenters. The number of carbonyl (C=O) groups excluding carboxylic acids is 1. The number of hydrogen-bond donors (Lipinski definition) is 3. The van der Waals surface area contributed by atoms with Gasteiger partial charge >= 0.3 is 5.97 Å². The zero-order chi connectivity index (χ0) is 20.3. The number of carboxylic acid groups (broad SMARTS) is 1. The minimum absolute atomic E-state index is 0. The lowest BCUT2D eigenvalue weighted by Crippen LogP contribution is -3.00. The minimum atomic E-state index is -1.12. The monoisotopic (exact) mass is 551 g/mol. The Morgan fingerprint density at radius 3 is 2.72 bits per heavy atom. The maximum atomic E-state index is 12.5. The van der Waals surface area contributed by atoms with Gasteiger partial charge in [0, 0.05) is 17.2 Å². The van der Waals surface area contributed by atoms with E-state index in [9.17, 15) is 19.8 Å². The third-order valence-electron chi connectivity index (χ3n) is 5.47. The smallest absolute Gasteiger partial charge is 0.352 e. The quantitative estimate of drug-likeness (QED) is 0.160. The second-order valence-electron chi connectivity index (χ2n) is 7.23. The van der Waals surface area contributed by atoms with Crippen LogP contribution < -0.4 is 28.4 Å². The van der Waals surface area contributed by atoms with Crippen molar-refractivity contribution in [1.82, 2.24) is 9.47 Å². The molecule has 0 spiro atoms. The normalized spacial score (nSPS) is 24.5. The molecule has 0 saturated carbocycles. The van der Waals surface area contributed by atoms with Crippen molar-refractivity contribution < 1.29 is 53.3 Å². The Hall–Kier alpha value is -1.15. The molecule has 29 heavy (non-hydrogen) atoms. The lowest BCUT2D eigenvalue weighted by molar-refractivity contribution is -0.508. The lowest BCUT2D eigenvalue weighted by atomic mass is 9.77. The van der Waals surface area contributed by atoms with Gasteiger partial charge in [0.25, 0.3) is 0 Å². The van der Waals surface area contributed by atoms with E-state index in [-0.39, 0.29) is 54.1 Å². The average molecular weight is 551 g/mol. The summed E-state index contributed by atoms with van der Waals surface area (Å²) in [6, 6.07) is -0.325. The van der Waals surface area contributed by atoms with E-state index < -0.39 is 18.0 Å². The predicted molar refractivity (Wildman–Crippen MR) is 104 cm³/mol. The first-order chi connectivity index (χ1) is 13.3. The van der Waals surface area contributed by atoms with E-state index in [1.54, 1.807) is 6.92 Å². The number of amides is 1. The highest BCUT2D eigenvalue weighted by Gasteiger charge is 2.60. The number of aromatic nitrogens is 2. The minimum Gasteiger partial charge on any atom is -1.00 e. The average Bonchev–Trinajstić information content (AvgIpc) is 3.20. The van der Waals surface area contributed by atoms with Crippen LogP contribution >= 0.6 is 23.1 Å². The van der Waals surface area contributed by atoms with E-state index in [0.717, 1.165) is 14.7 Å². The molecule has 1 saturated heterocycles. The summed E-state index contributed by atoms with van der Waals surface area (Å²) in [5, 5.41) is 29.9. The van der Waals surface area contributed by atoms with Crippen LogP contribution in [0.5, 0.6) is 0 Å². The Kier molecular flexibility index (Phi) is 6.35. The number of carbonyl (C=O) groups is 2. The number of hydrogen-bond acceptors (Lipinski definition) is 6. The van der Waals surface area contributed by atoms with E-state index in [1.807, 2.05) is 35.5 Å². The Balaban J connectivity index is 0.00000240. The SMILES string of the molecule is C[C@@H](O)[C@H]1C(=O)N2C(C(=O)O)=C(c3c[n+]4cn(C)c(SCCO)c4s3)[C@H](C)[C@H]12.[I-]. The van der Waals surface area contributed by atoms with E-state index in [1.165, 1.54) is 28.0 Å². The Labute approximate surface area is 192 Å². The highest BCUT2D eigenvalue weighted by Crippen LogP contribution is 2.51. The van der Waals surface area contributed by atoms with Crippen LogP contribution in [0.2, 0.25) is 0 Å². The molecule has 0 radical (unpaired) electrons. The first-order valence-electron chi connectivity index (χ1n) is 9.00. The number of imidazole rings is 1. The van der Waals surface area contributed by atoms with E-state index in [2.05, 4.69) is 0 Å². The summed E-state index contributed by atoms with van der Waals surface area (Å²) < 4.78 is 3.92. The van der Waals surface area contributed by atoms with Crippen LogP contribution in [-0.4, -0.2) is 61.2 Å². The summed E-state index contributed by atoms with van der Waals surface area (Å²) >= 11 is 3.02. The molecule has 2 aliphatic heterocycles. The van der Waals surface area contributed by atoms with Crippen molar-refractivity contribution >= 4 is 45.4 Å². The highest BCUT2D eigenvalue weighted by atomic mass is 127. The second kappa shape index (κ2) is 8.17. The number of aliphatic hydroxyl groups is 2. The zero-order valence-electron chi connectivity index (χ0n) is 16.1. The van der Waals surface area contributed by atoms with E-state index >= 15 is 0 Å². The number of aliphatic hydroxyl groups excluding tert-OH is 2. The van der Waals surface area contributed by atoms with Gasteiger partial charge in [-0.2, -0.15) is 4.40 Å². The Morgan fingerprint density at radius 1 is 1.45 bits per heavy atom. The van der Waals surface area contributed by atoms with Crippen molar-refractivity contribution in [2.24, 2.45) is 18.9 Å². The summed E-state index contributed by atoms with van der Waals surface area (Å²) in [6.45, 7) is 3.57. The maximum absolute atomic E-state index is 12.5. The first kappa shape index (κ1) is 22.5. The largest absolute Gasteiger partial charge is 1.00 e. The van der Waals surface area contributed by atoms with Gasteiger partial charge in [-0.1, -0.05) is 30.0 Å². The van der Waals surface area contributed by atoms with Crippen LogP contribution in [0.25, 0.3) is 10.4 Å². The number of nitrogens with zero attached hydrogens (tertiary/aromatic N) is 3. The molecule has 4 rings (SSSR count). The molecule has 4 heterocycles. The van der Waals surface area contributed by atoms with Gasteiger partial charge in [-0.05, 0) is 6.92 Å². The van der Waals surface area contributed by atoms with Crippen LogP contribution in [0.1, 0.15) is 18.7 Å². The number of halogens is 1. The predicted octanol–water partition coefficient (Wildman–Crippen LogP) is -2.43. The van der Waals surface area contributed by atoms with Crippen LogP contribution in [0.4, 0.5) is 0 Å². The van der Waals surface area contributed by atoms with Gasteiger partial charge in [-0.15, -0.1) is 0 Å². The van der Waals surface area contributed by atoms with Gasteiger partial charge in [-0.3, -0.25) is 4.79 Å². The van der Waals surface area contributed by atoms with Crippen molar-refractivity contribution in [3.8, 4) is 0 Å². The molecule has 2 aromatic heterocycles. The molecule has 0 aromatic carbocycles. The van der Waals surface area contributed by atoms with Gasteiger partial charge in [0.15, 0.2) is 0 Å². The van der Waals surface area contributed by atoms with Crippen LogP contribution in [0.3, 0.4) is 0 Å². The summed E-state index contributed by atoms with van der Waals surface area (Å²) in [4.78, 5) is 27.6. The van der Waals surface area contributed by atoms with Gasteiger partial charge in [0.2, 0.25) is 22.1 Å². The topological polar surface area (TPSA) is 107 Å². The number of carboxylic acids is 1. The maximum Gasteiger partial charge on any atom is 0.352 e. The van der Waals surface area contributed by atoms with Gasteiger partial charge < -0.3 is 44.2 Å². The van der Waals surface area contributed by atoms with Gasteiger partial charge in [-0.25, -0.2) is 9.36 Å². The van der Waals surface area contributed by atoms with E-state index in [0.29, 0.717) is 11.3 Å². The number of rotatable bonds is 6. The summed E-state index contributed by atoms with van der Waals surface area (Å²) in [5.41, 5.74) is 0.668. The van der Waals surface area contributed by atoms with E-state index in [4.69, 9.17) is 5.11 Å². The molecule has 4 atom stereocenters. The van der Waals surface area contributed by atoms with Crippen LogP contribution in [0.15, 0.2) is 23.2 Å². The first-order valence-corrected chi connectivity index (χ1v) is 10.8. The summed E-state index contributed by atoms with van der Waals surface area (Å²) in [6.07, 6.45) is 2.99. The summed E-state index contributed by atoms with van der Waals surface area (Å²) in [5.74, 6) is -1.63. The highest BCUT2D eigenvalue weighted by molar-refractivity contribution is 7.99. The molecule has 1 amide bonds. The number of β-lactam (4-membered cyclic amide) rings is 1. The molecule has 0 aliphatic carbocycles. The number of fused-ring (bicyclic) bond motifs is 2. The van der Waals surface area contributed by atoms with Crippen LogP contribution in [0, 0.1) is 11.8 Å². The van der Waals surface area contributed by atoms with Crippen LogP contribution in [-0.2, 0) is 16.6 Å². The van der Waals surface area contributed by atoms with Crippen molar-refractivity contribution in [2.45, 2.75) is 31.0 Å². The standard InChI is InChI=1S/C18H21N3O5S2.HI/c1-8-11(14(18(25)26)21-13(8)12(9(2)23)15(21)24)10-6-20-7-19(3)16(17(20)28-10)27-5-4-22;/h6-9,12-13,22-23H,4-5H2,1-3H3;1H/t8-,9+,12+,13+;/m0./s1. The fourth-order valence-electron chi connectivity index (χ4n) is 4.32. The number of thioether (sulfide) groups is 1. The molecule has 8 nitrogen and oxygen atoms in total. The molecule has 2 aliphatic rings. The fourth-order valence-corrected chi connectivity index (χ4v) is 6.59. The number of thiazole rings is 1. The third kappa shape index (κ3) is 3.30. The number of aliphatic carboxylic acids is 1. The second-order valence-corrected chi connectivity index (χ2v) is 9.35. The van der Waals surface area contributed by atoms with Crippen molar-refractivity contribution in [3.05, 3.63) is 23.1 Å². The Bertz CT molecular complexity index is 1010. The lowest BCUT2D eigenvalue weighted by Gasteiger charge is -2.46. The third-order valence-corrected chi connectivity index (χ3v) is 7.88. The van der Waals surface area contributed by atoms with Crippen molar-refractivity contribution in [2.75, 3.05) is 12.4 Å². The summed E-state index contributed by atoms with van der Waals surface area (Å²) in [7, 11) is 1.93. The van der Waals surface area contributed by atoms with Crippen molar-refractivity contribution in [3.63, 3.8) is 0 Å². The van der Waals surface area contributed by atoms with Crippen molar-refractivity contribution in [1.29, 1.82) is 0 Å². The zero-order valence-corrected chi connectivity index (χ0v) is 19.9. The van der Waals surface area contributed by atoms with Gasteiger partial charge in [0.05, 0.1) is 36.6 Å². The molecule has 2 aromatic rings. The molecule has 11 heteroatoms. The molecular formula is C18H22IN3O5S2. The number of aryl methyl sites for hydroxylation is 1. The molecule has 1 fully saturated rings.